The number of nitrogens with zero attached hydrogens (tertiary/aromatic N) is 2. The molecule has 0 N–H and O–H groups in total. The number of rotatable bonds is 4. The summed E-state index contributed by atoms with van der Waals surface area (Å²) in [6.45, 7) is 1.87. The number of nitro benzene ring substituents is 1. The predicted molar refractivity (Wildman–Crippen MR) is 89.3 cm³/mol. The lowest BCUT2D eigenvalue weighted by molar-refractivity contribution is -0.384. The van der Waals surface area contributed by atoms with Gasteiger partial charge in [-0.1, -0.05) is 36.4 Å². The monoisotopic (exact) mass is 344 g/mol. The second-order valence-corrected chi connectivity index (χ2v) is 5.34. The minimum Gasteiger partial charge on any atom is -0.258 e. The van der Waals surface area contributed by atoms with Crippen molar-refractivity contribution in [2.24, 2.45) is 4.99 Å². The maximum absolute atomic E-state index is 10.8. The van der Waals surface area contributed by atoms with Crippen LogP contribution in [0.1, 0.15) is 11.1 Å². The molecule has 2 rings (SSSR count). The van der Waals surface area contributed by atoms with Crippen LogP contribution in [0.15, 0.2) is 58.0 Å². The lowest BCUT2D eigenvalue weighted by atomic mass is 10.2. The number of nitro groups is 1. The van der Waals surface area contributed by atoms with E-state index in [2.05, 4.69) is 20.9 Å². The van der Waals surface area contributed by atoms with Crippen molar-refractivity contribution in [1.82, 2.24) is 0 Å². The molecule has 0 bridgehead atoms. The van der Waals surface area contributed by atoms with Crippen LogP contribution in [0.4, 0.5) is 11.4 Å². The van der Waals surface area contributed by atoms with E-state index in [1.165, 1.54) is 12.1 Å². The van der Waals surface area contributed by atoms with Crippen LogP contribution in [-0.4, -0.2) is 11.1 Å². The van der Waals surface area contributed by atoms with E-state index in [0.29, 0.717) is 5.69 Å². The number of hydrogen-bond donors (Lipinski definition) is 0. The smallest absolute Gasteiger partial charge is 0.258 e. The van der Waals surface area contributed by atoms with Crippen molar-refractivity contribution in [3.05, 3.63) is 74.3 Å². The Morgan fingerprint density at radius 1 is 1.24 bits per heavy atom. The standard InChI is InChI=1S/C16H13BrN2O2/c1-12-7-8-15(19(20)21)10-16(12)18-11-14(17)9-13-5-3-2-4-6-13/h2-11H,1H3/b14-9-,18-11?. The van der Waals surface area contributed by atoms with Gasteiger partial charge >= 0.3 is 0 Å². The average Bonchev–Trinajstić information content (AvgIpc) is 2.47. The molecule has 0 saturated heterocycles. The topological polar surface area (TPSA) is 55.5 Å². The molecule has 0 aliphatic heterocycles. The zero-order chi connectivity index (χ0) is 15.2. The van der Waals surface area contributed by atoms with Crippen molar-refractivity contribution in [1.29, 1.82) is 0 Å². The minimum absolute atomic E-state index is 0.0379. The van der Waals surface area contributed by atoms with Crippen LogP contribution in [0.25, 0.3) is 6.08 Å². The zero-order valence-electron chi connectivity index (χ0n) is 11.4. The van der Waals surface area contributed by atoms with Gasteiger partial charge in [-0.25, -0.2) is 0 Å². The molecule has 0 aromatic heterocycles. The van der Waals surface area contributed by atoms with Gasteiger partial charge in [0.15, 0.2) is 0 Å². The minimum atomic E-state index is -0.423. The van der Waals surface area contributed by atoms with E-state index in [0.717, 1.165) is 15.6 Å². The van der Waals surface area contributed by atoms with Gasteiger partial charge in [-0.3, -0.25) is 15.1 Å². The van der Waals surface area contributed by atoms with Crippen LogP contribution >= 0.6 is 15.9 Å². The second kappa shape index (κ2) is 6.95. The maximum atomic E-state index is 10.8. The normalized spacial score (nSPS) is 11.8. The van der Waals surface area contributed by atoms with Gasteiger partial charge in [-0.05, 0) is 40.1 Å². The van der Waals surface area contributed by atoms with Crippen molar-refractivity contribution in [2.75, 3.05) is 0 Å². The Labute approximate surface area is 131 Å². The first kappa shape index (κ1) is 15.1. The summed E-state index contributed by atoms with van der Waals surface area (Å²) in [5, 5.41) is 10.8. The second-order valence-electron chi connectivity index (χ2n) is 4.43. The molecular formula is C16H13BrN2O2. The first-order valence-corrected chi connectivity index (χ1v) is 7.07. The van der Waals surface area contributed by atoms with E-state index in [1.54, 1.807) is 12.3 Å². The molecule has 2 aromatic carbocycles. The lowest BCUT2D eigenvalue weighted by Crippen LogP contribution is -1.88. The Hall–Kier alpha value is -2.27. The highest BCUT2D eigenvalue weighted by Crippen LogP contribution is 2.24. The Morgan fingerprint density at radius 3 is 2.62 bits per heavy atom. The third kappa shape index (κ3) is 4.36. The summed E-state index contributed by atoms with van der Waals surface area (Å²) < 4.78 is 0.791. The summed E-state index contributed by atoms with van der Waals surface area (Å²) in [7, 11) is 0. The van der Waals surface area contributed by atoms with Gasteiger partial charge in [-0.15, -0.1) is 0 Å². The number of aryl methyl sites for hydroxylation is 1. The molecular weight excluding hydrogens is 332 g/mol. The van der Waals surface area contributed by atoms with Gasteiger partial charge in [0.2, 0.25) is 0 Å². The number of aliphatic imine (C=N–C) groups is 1. The Kier molecular flexibility index (Phi) is 5.00. The molecule has 0 spiro atoms. The van der Waals surface area contributed by atoms with Gasteiger partial charge in [0.1, 0.15) is 0 Å². The van der Waals surface area contributed by atoms with E-state index in [1.807, 2.05) is 43.3 Å². The van der Waals surface area contributed by atoms with Crippen LogP contribution in [-0.2, 0) is 0 Å². The van der Waals surface area contributed by atoms with Crippen molar-refractivity contribution in [2.45, 2.75) is 6.92 Å². The molecule has 0 amide bonds. The van der Waals surface area contributed by atoms with E-state index < -0.39 is 4.92 Å². The summed E-state index contributed by atoms with van der Waals surface area (Å²) >= 11 is 3.42. The first-order chi connectivity index (χ1) is 10.1. The van der Waals surface area contributed by atoms with Crippen molar-refractivity contribution in [3.63, 3.8) is 0 Å². The highest BCUT2D eigenvalue weighted by molar-refractivity contribution is 9.12. The van der Waals surface area contributed by atoms with Crippen LogP contribution in [0.3, 0.4) is 0 Å². The molecule has 2 aromatic rings. The fourth-order valence-corrected chi connectivity index (χ4v) is 2.09. The molecule has 0 aliphatic carbocycles. The molecule has 106 valence electrons. The Morgan fingerprint density at radius 2 is 1.95 bits per heavy atom. The average molecular weight is 345 g/mol. The van der Waals surface area contributed by atoms with E-state index in [9.17, 15) is 10.1 Å². The summed E-state index contributed by atoms with van der Waals surface area (Å²) in [5.41, 5.74) is 2.56. The Bertz CT molecular complexity index is 709. The van der Waals surface area contributed by atoms with Gasteiger partial charge in [0, 0.05) is 22.8 Å². The third-order valence-electron chi connectivity index (χ3n) is 2.83. The first-order valence-electron chi connectivity index (χ1n) is 6.27. The highest BCUT2D eigenvalue weighted by Gasteiger charge is 2.07. The molecule has 0 saturated carbocycles. The van der Waals surface area contributed by atoms with Gasteiger partial charge in [0.05, 0.1) is 10.6 Å². The van der Waals surface area contributed by atoms with Gasteiger partial charge < -0.3 is 0 Å². The predicted octanol–water partition coefficient (Wildman–Crippen LogP) is 5.04. The fraction of sp³-hybridized carbons (Fsp3) is 0.0625. The fourth-order valence-electron chi connectivity index (χ4n) is 1.73. The molecule has 5 heteroatoms. The van der Waals surface area contributed by atoms with Crippen molar-refractivity contribution < 1.29 is 4.92 Å². The molecule has 0 heterocycles. The number of non-ortho nitro benzene ring substituents is 1. The molecule has 0 radical (unpaired) electrons. The summed E-state index contributed by atoms with van der Waals surface area (Å²) in [6.07, 6.45) is 3.56. The van der Waals surface area contributed by atoms with Crippen molar-refractivity contribution >= 4 is 39.6 Å². The zero-order valence-corrected chi connectivity index (χ0v) is 12.9. The number of benzene rings is 2. The largest absolute Gasteiger partial charge is 0.271 e. The molecule has 0 fully saturated rings. The molecule has 4 nitrogen and oxygen atoms in total. The molecule has 0 aliphatic rings. The molecule has 21 heavy (non-hydrogen) atoms. The lowest BCUT2D eigenvalue weighted by Gasteiger charge is -1.99. The van der Waals surface area contributed by atoms with Crippen molar-refractivity contribution in [3.8, 4) is 0 Å². The summed E-state index contributed by atoms with van der Waals surface area (Å²) in [5.74, 6) is 0. The quantitative estimate of drug-likeness (QED) is 0.443. The van der Waals surface area contributed by atoms with Crippen LogP contribution < -0.4 is 0 Å². The van der Waals surface area contributed by atoms with E-state index >= 15 is 0 Å². The maximum Gasteiger partial charge on any atom is 0.271 e. The number of halogens is 1. The highest BCUT2D eigenvalue weighted by atomic mass is 79.9. The van der Waals surface area contributed by atoms with Crippen LogP contribution in [0.5, 0.6) is 0 Å². The number of hydrogen-bond acceptors (Lipinski definition) is 3. The Balaban J connectivity index is 2.23. The SMILES string of the molecule is Cc1ccc([N+](=O)[O-])cc1N=C/C(Br)=C/c1ccccc1. The summed E-state index contributed by atoms with van der Waals surface area (Å²) in [4.78, 5) is 14.7. The number of allylic oxidation sites excluding steroid dienone is 1. The third-order valence-corrected chi connectivity index (χ3v) is 3.27. The van der Waals surface area contributed by atoms with E-state index in [-0.39, 0.29) is 5.69 Å². The van der Waals surface area contributed by atoms with Gasteiger partial charge in [-0.2, -0.15) is 0 Å². The van der Waals surface area contributed by atoms with Gasteiger partial charge in [0.25, 0.3) is 5.69 Å². The van der Waals surface area contributed by atoms with E-state index in [4.69, 9.17) is 0 Å². The van der Waals surface area contributed by atoms with Crippen LogP contribution in [0, 0.1) is 17.0 Å². The van der Waals surface area contributed by atoms with Crippen LogP contribution in [0.2, 0.25) is 0 Å². The summed E-state index contributed by atoms with van der Waals surface area (Å²) in [6, 6.07) is 14.5. The molecule has 0 unspecified atom stereocenters. The molecule has 0 atom stereocenters.